The number of sulfone groups is 1. The molecule has 1 aromatic rings. The highest BCUT2D eigenvalue weighted by molar-refractivity contribution is 7.92. The van der Waals surface area contributed by atoms with Gasteiger partial charge in [0.25, 0.3) is 0 Å². The third-order valence-corrected chi connectivity index (χ3v) is 7.01. The van der Waals surface area contributed by atoms with Crippen LogP contribution in [0, 0.1) is 0 Å². The zero-order valence-corrected chi connectivity index (χ0v) is 12.7. The van der Waals surface area contributed by atoms with Crippen LogP contribution in [-0.2, 0) is 16.3 Å². The van der Waals surface area contributed by atoms with Gasteiger partial charge in [0.15, 0.2) is 9.84 Å². The minimum Gasteiger partial charge on any atom is -0.314 e. The lowest BCUT2D eigenvalue weighted by molar-refractivity contribution is 0.397. The second kappa shape index (κ2) is 5.86. The zero-order valence-electron chi connectivity index (χ0n) is 11.8. The fourth-order valence-electron chi connectivity index (χ4n) is 3.17. The molecule has 1 heterocycles. The first kappa shape index (κ1) is 14.1. The Hall–Kier alpha value is -0.870. The summed E-state index contributed by atoms with van der Waals surface area (Å²) in [6.45, 7) is 1.06. The van der Waals surface area contributed by atoms with E-state index in [1.54, 1.807) is 6.07 Å². The first-order valence-corrected chi connectivity index (χ1v) is 9.28. The van der Waals surface area contributed by atoms with Crippen LogP contribution in [0.3, 0.4) is 0 Å². The van der Waals surface area contributed by atoms with E-state index in [0.717, 1.165) is 44.2 Å². The Labute approximate surface area is 121 Å². The summed E-state index contributed by atoms with van der Waals surface area (Å²) in [6, 6.07) is 8.02. The van der Waals surface area contributed by atoms with Crippen molar-refractivity contribution in [2.45, 2.75) is 61.1 Å². The SMILES string of the molecule is O=S(=O)(c1ccccc1CC1CCCCN1)C1CCC1. The molecule has 4 heteroatoms. The van der Waals surface area contributed by atoms with Crippen molar-refractivity contribution < 1.29 is 8.42 Å². The molecule has 1 saturated heterocycles. The summed E-state index contributed by atoms with van der Waals surface area (Å²) in [7, 11) is -3.11. The van der Waals surface area contributed by atoms with Gasteiger partial charge in [-0.2, -0.15) is 0 Å². The summed E-state index contributed by atoms with van der Waals surface area (Å²) in [4.78, 5) is 0.581. The third-order valence-electron chi connectivity index (χ3n) is 4.65. The van der Waals surface area contributed by atoms with E-state index in [-0.39, 0.29) is 5.25 Å². The molecule has 1 unspecified atom stereocenters. The second-order valence-corrected chi connectivity index (χ2v) is 8.25. The van der Waals surface area contributed by atoms with Crippen molar-refractivity contribution in [3.63, 3.8) is 0 Å². The van der Waals surface area contributed by atoms with E-state index >= 15 is 0 Å². The van der Waals surface area contributed by atoms with E-state index in [4.69, 9.17) is 0 Å². The van der Waals surface area contributed by atoms with Crippen LogP contribution in [0.1, 0.15) is 44.1 Å². The summed E-state index contributed by atoms with van der Waals surface area (Å²) in [5.41, 5.74) is 0.999. The summed E-state index contributed by atoms with van der Waals surface area (Å²) < 4.78 is 25.3. The van der Waals surface area contributed by atoms with Crippen LogP contribution in [0.2, 0.25) is 0 Å². The monoisotopic (exact) mass is 293 g/mol. The molecule has 2 fully saturated rings. The molecule has 2 aliphatic rings. The van der Waals surface area contributed by atoms with Crippen molar-refractivity contribution in [2.24, 2.45) is 0 Å². The molecular formula is C16H23NO2S. The lowest BCUT2D eigenvalue weighted by Gasteiger charge is -2.28. The quantitative estimate of drug-likeness (QED) is 0.928. The average molecular weight is 293 g/mol. The zero-order chi connectivity index (χ0) is 14.0. The fourth-order valence-corrected chi connectivity index (χ4v) is 5.27. The molecule has 3 rings (SSSR count). The second-order valence-electron chi connectivity index (χ2n) is 6.06. The van der Waals surface area contributed by atoms with E-state index in [1.165, 1.54) is 12.8 Å². The van der Waals surface area contributed by atoms with Gasteiger partial charge < -0.3 is 5.32 Å². The molecule has 0 bridgehead atoms. The van der Waals surface area contributed by atoms with E-state index in [9.17, 15) is 8.42 Å². The van der Waals surface area contributed by atoms with Crippen LogP contribution in [0.25, 0.3) is 0 Å². The van der Waals surface area contributed by atoms with Gasteiger partial charge in [0.1, 0.15) is 0 Å². The Morgan fingerprint density at radius 3 is 2.50 bits per heavy atom. The lowest BCUT2D eigenvalue weighted by atomic mass is 9.98. The predicted molar refractivity (Wildman–Crippen MR) is 80.6 cm³/mol. The van der Waals surface area contributed by atoms with Crippen molar-refractivity contribution >= 4 is 9.84 Å². The number of nitrogens with one attached hydrogen (secondary N) is 1. The van der Waals surface area contributed by atoms with Gasteiger partial charge in [0, 0.05) is 6.04 Å². The van der Waals surface area contributed by atoms with Crippen molar-refractivity contribution in [3.05, 3.63) is 29.8 Å². The van der Waals surface area contributed by atoms with Gasteiger partial charge in [-0.15, -0.1) is 0 Å². The van der Waals surface area contributed by atoms with Crippen molar-refractivity contribution in [1.29, 1.82) is 0 Å². The van der Waals surface area contributed by atoms with Crippen LogP contribution >= 0.6 is 0 Å². The smallest absolute Gasteiger partial charge is 0.181 e. The molecule has 0 spiro atoms. The highest BCUT2D eigenvalue weighted by Gasteiger charge is 2.34. The number of piperidine rings is 1. The number of benzene rings is 1. The Bertz CT molecular complexity index is 558. The maximum absolute atomic E-state index is 12.7. The Morgan fingerprint density at radius 1 is 1.05 bits per heavy atom. The molecule has 0 amide bonds. The summed E-state index contributed by atoms with van der Waals surface area (Å²) >= 11 is 0. The van der Waals surface area contributed by atoms with E-state index in [0.29, 0.717) is 10.9 Å². The Kier molecular flexibility index (Phi) is 4.13. The number of hydrogen-bond donors (Lipinski definition) is 1. The highest BCUT2D eigenvalue weighted by atomic mass is 32.2. The van der Waals surface area contributed by atoms with Crippen molar-refractivity contribution in [3.8, 4) is 0 Å². The predicted octanol–water partition coefficient (Wildman–Crippen LogP) is 2.70. The lowest BCUT2D eigenvalue weighted by Crippen LogP contribution is -2.36. The van der Waals surface area contributed by atoms with Crippen LogP contribution < -0.4 is 5.32 Å². The average Bonchev–Trinajstić information content (AvgIpc) is 2.38. The molecule has 1 aromatic carbocycles. The molecule has 1 saturated carbocycles. The maximum Gasteiger partial charge on any atom is 0.181 e. The first-order chi connectivity index (χ1) is 9.68. The third kappa shape index (κ3) is 2.77. The maximum atomic E-state index is 12.7. The van der Waals surface area contributed by atoms with Gasteiger partial charge >= 0.3 is 0 Å². The van der Waals surface area contributed by atoms with Crippen LogP contribution in [0.15, 0.2) is 29.2 Å². The Balaban J connectivity index is 1.84. The summed E-state index contributed by atoms with van der Waals surface area (Å²) in [5.74, 6) is 0. The molecule has 110 valence electrons. The van der Waals surface area contributed by atoms with Gasteiger partial charge in [0.05, 0.1) is 10.1 Å². The van der Waals surface area contributed by atoms with Crippen molar-refractivity contribution in [1.82, 2.24) is 5.32 Å². The molecule has 0 aromatic heterocycles. The van der Waals surface area contributed by atoms with Crippen LogP contribution in [-0.4, -0.2) is 26.3 Å². The topological polar surface area (TPSA) is 46.2 Å². The minimum atomic E-state index is -3.11. The van der Waals surface area contributed by atoms with E-state index in [2.05, 4.69) is 5.32 Å². The normalized spacial score (nSPS) is 24.3. The van der Waals surface area contributed by atoms with Gasteiger partial charge in [-0.05, 0) is 50.3 Å². The summed E-state index contributed by atoms with van der Waals surface area (Å²) in [6.07, 6.45) is 7.18. The summed E-state index contributed by atoms with van der Waals surface area (Å²) in [5, 5.41) is 3.37. The number of rotatable bonds is 4. The van der Waals surface area contributed by atoms with Gasteiger partial charge in [0.2, 0.25) is 0 Å². The fraction of sp³-hybridized carbons (Fsp3) is 0.625. The molecule has 1 atom stereocenters. The highest BCUT2D eigenvalue weighted by Crippen LogP contribution is 2.33. The molecule has 1 N–H and O–H groups in total. The largest absolute Gasteiger partial charge is 0.314 e. The molecule has 0 radical (unpaired) electrons. The molecule has 1 aliphatic carbocycles. The standard InChI is InChI=1S/C16H23NO2S/c18-20(19,15-8-5-9-15)16-10-2-1-6-13(16)12-14-7-3-4-11-17-14/h1-2,6,10,14-15,17H,3-5,7-9,11-12H2. The molecule has 3 nitrogen and oxygen atoms in total. The van der Waals surface area contributed by atoms with E-state index in [1.807, 2.05) is 18.2 Å². The first-order valence-electron chi connectivity index (χ1n) is 7.73. The molecule has 1 aliphatic heterocycles. The van der Waals surface area contributed by atoms with Gasteiger partial charge in [-0.1, -0.05) is 31.0 Å². The number of hydrogen-bond acceptors (Lipinski definition) is 3. The van der Waals surface area contributed by atoms with Crippen LogP contribution in [0.4, 0.5) is 0 Å². The van der Waals surface area contributed by atoms with Gasteiger partial charge in [-0.25, -0.2) is 8.42 Å². The minimum absolute atomic E-state index is 0.136. The van der Waals surface area contributed by atoms with Crippen LogP contribution in [0.5, 0.6) is 0 Å². The van der Waals surface area contributed by atoms with Gasteiger partial charge in [-0.3, -0.25) is 0 Å². The molecule has 20 heavy (non-hydrogen) atoms. The molecular weight excluding hydrogens is 270 g/mol. The van der Waals surface area contributed by atoms with Crippen molar-refractivity contribution in [2.75, 3.05) is 6.54 Å². The van der Waals surface area contributed by atoms with E-state index < -0.39 is 9.84 Å². The Morgan fingerprint density at radius 2 is 1.85 bits per heavy atom.